The molecular formula is C12H18F7NO. The minimum absolute atomic E-state index is 0.239. The van der Waals surface area contributed by atoms with Gasteiger partial charge in [0.1, 0.15) is 0 Å². The maximum absolute atomic E-state index is 12.9. The number of rotatable bonds is 9. The molecule has 0 atom stereocenters. The molecule has 0 saturated carbocycles. The van der Waals surface area contributed by atoms with Gasteiger partial charge in [0.2, 0.25) is 0 Å². The van der Waals surface area contributed by atoms with Crippen LogP contribution >= 0.6 is 0 Å². The second-order valence-electron chi connectivity index (χ2n) is 4.67. The van der Waals surface area contributed by atoms with E-state index in [1.165, 1.54) is 5.32 Å². The zero-order chi connectivity index (χ0) is 16.7. The molecule has 0 bridgehead atoms. The molecule has 0 fully saturated rings. The van der Waals surface area contributed by atoms with Crippen LogP contribution in [0.5, 0.6) is 0 Å². The van der Waals surface area contributed by atoms with Crippen molar-refractivity contribution < 1.29 is 35.5 Å². The SMILES string of the molecule is CCCCCCCCNC(=O)C(F)(F)C(F)(F)C(F)(F)F. The number of hydrogen-bond acceptors (Lipinski definition) is 1. The number of amides is 1. The van der Waals surface area contributed by atoms with Crippen molar-refractivity contribution in [1.29, 1.82) is 0 Å². The number of alkyl halides is 7. The highest BCUT2D eigenvalue weighted by Crippen LogP contribution is 2.46. The number of halogens is 7. The van der Waals surface area contributed by atoms with Gasteiger partial charge in [-0.3, -0.25) is 4.79 Å². The summed E-state index contributed by atoms with van der Waals surface area (Å²) >= 11 is 0. The second kappa shape index (κ2) is 7.84. The van der Waals surface area contributed by atoms with Crippen LogP contribution in [0.25, 0.3) is 0 Å². The van der Waals surface area contributed by atoms with E-state index >= 15 is 0 Å². The molecule has 126 valence electrons. The molecule has 0 aromatic rings. The summed E-state index contributed by atoms with van der Waals surface area (Å²) in [5.41, 5.74) is 0. The molecule has 0 aliphatic rings. The molecule has 9 heteroatoms. The van der Waals surface area contributed by atoms with Gasteiger partial charge in [0.15, 0.2) is 0 Å². The van der Waals surface area contributed by atoms with Gasteiger partial charge < -0.3 is 5.32 Å². The molecule has 0 aliphatic carbocycles. The van der Waals surface area contributed by atoms with Crippen molar-refractivity contribution in [3.05, 3.63) is 0 Å². The third-order valence-electron chi connectivity index (χ3n) is 2.85. The van der Waals surface area contributed by atoms with Crippen LogP contribution < -0.4 is 5.32 Å². The van der Waals surface area contributed by atoms with Crippen LogP contribution in [0, 0.1) is 0 Å². The molecule has 0 aromatic carbocycles. The maximum atomic E-state index is 12.9. The number of carbonyl (C=O) groups excluding carboxylic acids is 1. The lowest BCUT2D eigenvalue weighted by Gasteiger charge is -2.27. The Bertz CT molecular complexity index is 328. The second-order valence-corrected chi connectivity index (χ2v) is 4.67. The Labute approximate surface area is 118 Å². The molecule has 2 nitrogen and oxygen atoms in total. The number of unbranched alkanes of at least 4 members (excludes halogenated alkanes) is 5. The predicted molar refractivity (Wildman–Crippen MR) is 62.3 cm³/mol. The molecule has 0 unspecified atom stereocenters. The molecule has 0 heterocycles. The fourth-order valence-electron chi connectivity index (χ4n) is 1.54. The van der Waals surface area contributed by atoms with E-state index in [-0.39, 0.29) is 13.0 Å². The predicted octanol–water partition coefficient (Wildman–Crippen LogP) is 4.30. The van der Waals surface area contributed by atoms with Gasteiger partial charge in [0, 0.05) is 6.54 Å². The number of hydrogen-bond donors (Lipinski definition) is 1. The van der Waals surface area contributed by atoms with Crippen molar-refractivity contribution in [2.24, 2.45) is 0 Å². The first kappa shape index (κ1) is 20.0. The summed E-state index contributed by atoms with van der Waals surface area (Å²) in [6, 6.07) is 0. The molecule has 0 spiro atoms. The third kappa shape index (κ3) is 5.35. The quantitative estimate of drug-likeness (QED) is 0.497. The van der Waals surface area contributed by atoms with Crippen LogP contribution in [0.2, 0.25) is 0 Å². The van der Waals surface area contributed by atoms with Crippen LogP contribution in [-0.4, -0.2) is 30.5 Å². The van der Waals surface area contributed by atoms with Gasteiger partial charge in [-0.15, -0.1) is 0 Å². The van der Waals surface area contributed by atoms with E-state index < -0.39 is 23.9 Å². The van der Waals surface area contributed by atoms with E-state index in [0.29, 0.717) is 6.42 Å². The van der Waals surface area contributed by atoms with Crippen LogP contribution in [0.3, 0.4) is 0 Å². The Morgan fingerprint density at radius 2 is 1.33 bits per heavy atom. The maximum Gasteiger partial charge on any atom is 0.460 e. The van der Waals surface area contributed by atoms with Crippen molar-refractivity contribution in [2.75, 3.05) is 6.54 Å². The lowest BCUT2D eigenvalue weighted by Crippen LogP contribution is -2.59. The summed E-state index contributed by atoms with van der Waals surface area (Å²) in [6.07, 6.45) is -2.01. The van der Waals surface area contributed by atoms with Crippen molar-refractivity contribution in [3.8, 4) is 0 Å². The van der Waals surface area contributed by atoms with Gasteiger partial charge in [-0.2, -0.15) is 30.7 Å². The smallest absolute Gasteiger partial charge is 0.351 e. The van der Waals surface area contributed by atoms with Gasteiger partial charge in [-0.05, 0) is 6.42 Å². The molecular weight excluding hydrogens is 307 g/mol. The first-order valence-electron chi connectivity index (χ1n) is 6.59. The van der Waals surface area contributed by atoms with E-state index in [0.717, 1.165) is 25.7 Å². The molecule has 0 aromatic heterocycles. The average Bonchev–Trinajstić information content (AvgIpc) is 2.35. The average molecular weight is 325 g/mol. The summed E-state index contributed by atoms with van der Waals surface area (Å²) in [6.45, 7) is 1.62. The summed E-state index contributed by atoms with van der Waals surface area (Å²) in [7, 11) is 0. The van der Waals surface area contributed by atoms with E-state index in [4.69, 9.17) is 0 Å². The fourth-order valence-corrected chi connectivity index (χ4v) is 1.54. The summed E-state index contributed by atoms with van der Waals surface area (Å²) in [4.78, 5) is 10.9. The Kier molecular flexibility index (Phi) is 7.46. The Hall–Kier alpha value is -1.02. The van der Waals surface area contributed by atoms with Gasteiger partial charge in [-0.25, -0.2) is 0 Å². The standard InChI is InChI=1S/C12H18F7NO/c1-2-3-4-5-6-7-8-20-9(21)10(13,14)11(15,16)12(17,18)19/h2-8H2,1H3,(H,20,21). The minimum Gasteiger partial charge on any atom is -0.351 e. The van der Waals surface area contributed by atoms with E-state index in [2.05, 4.69) is 0 Å². The normalized spacial score (nSPS) is 13.3. The van der Waals surface area contributed by atoms with Crippen molar-refractivity contribution in [3.63, 3.8) is 0 Å². The Balaban J connectivity index is 4.27. The Morgan fingerprint density at radius 3 is 1.81 bits per heavy atom. The van der Waals surface area contributed by atoms with Gasteiger partial charge in [0.25, 0.3) is 5.91 Å². The molecule has 1 amide bonds. The minimum atomic E-state index is -6.49. The van der Waals surface area contributed by atoms with Gasteiger partial charge >= 0.3 is 18.0 Å². The van der Waals surface area contributed by atoms with Crippen molar-refractivity contribution >= 4 is 5.91 Å². The highest BCUT2D eigenvalue weighted by Gasteiger charge is 2.76. The van der Waals surface area contributed by atoms with Crippen LogP contribution in [0.15, 0.2) is 0 Å². The lowest BCUT2D eigenvalue weighted by molar-refractivity contribution is -0.344. The number of nitrogens with one attached hydrogen (secondary N) is 1. The molecule has 21 heavy (non-hydrogen) atoms. The van der Waals surface area contributed by atoms with Crippen molar-refractivity contribution in [1.82, 2.24) is 5.32 Å². The highest BCUT2D eigenvalue weighted by atomic mass is 19.4. The molecule has 0 rings (SSSR count). The first-order valence-corrected chi connectivity index (χ1v) is 6.59. The third-order valence-corrected chi connectivity index (χ3v) is 2.85. The Morgan fingerprint density at radius 1 is 0.857 bits per heavy atom. The van der Waals surface area contributed by atoms with E-state index in [1.54, 1.807) is 0 Å². The van der Waals surface area contributed by atoms with E-state index in [1.807, 2.05) is 6.92 Å². The summed E-state index contributed by atoms with van der Waals surface area (Å²) in [5.74, 6) is -14.8. The fraction of sp³-hybridized carbons (Fsp3) is 0.917. The van der Waals surface area contributed by atoms with Crippen LogP contribution in [0.1, 0.15) is 45.4 Å². The molecule has 0 radical (unpaired) electrons. The summed E-state index contributed by atoms with van der Waals surface area (Å²) in [5, 5.41) is 1.42. The molecule has 0 aliphatic heterocycles. The molecule has 1 N–H and O–H groups in total. The van der Waals surface area contributed by atoms with Crippen molar-refractivity contribution in [2.45, 2.75) is 63.5 Å². The van der Waals surface area contributed by atoms with Gasteiger partial charge in [-0.1, -0.05) is 39.0 Å². The first-order chi connectivity index (χ1) is 9.48. The van der Waals surface area contributed by atoms with Gasteiger partial charge in [0.05, 0.1) is 0 Å². The zero-order valence-electron chi connectivity index (χ0n) is 11.5. The van der Waals surface area contributed by atoms with Crippen LogP contribution in [0.4, 0.5) is 30.7 Å². The topological polar surface area (TPSA) is 29.1 Å². The monoisotopic (exact) mass is 325 g/mol. The lowest BCUT2D eigenvalue weighted by atomic mass is 10.1. The zero-order valence-corrected chi connectivity index (χ0v) is 11.5. The largest absolute Gasteiger partial charge is 0.460 e. The summed E-state index contributed by atoms with van der Waals surface area (Å²) < 4.78 is 86.4. The number of carbonyl (C=O) groups is 1. The highest BCUT2D eigenvalue weighted by molar-refractivity contribution is 5.84. The van der Waals surface area contributed by atoms with Crippen LogP contribution in [-0.2, 0) is 4.79 Å². The molecule has 0 saturated heterocycles. The van der Waals surface area contributed by atoms with E-state index in [9.17, 15) is 35.5 Å².